The van der Waals surface area contributed by atoms with E-state index in [0.29, 0.717) is 13.1 Å². The van der Waals surface area contributed by atoms with Crippen LogP contribution in [0.5, 0.6) is 0 Å². The number of nitrogens with zero attached hydrogens (tertiary/aromatic N) is 2. The molecule has 1 aromatic rings. The van der Waals surface area contributed by atoms with Crippen LogP contribution in [0.3, 0.4) is 0 Å². The molecular weight excluding hydrogens is 302 g/mol. The quantitative estimate of drug-likeness (QED) is 0.664. The third kappa shape index (κ3) is 3.30. The van der Waals surface area contributed by atoms with E-state index in [-0.39, 0.29) is 6.54 Å². The Kier molecular flexibility index (Phi) is 5.21. The van der Waals surface area contributed by atoms with Crippen LogP contribution in [-0.2, 0) is 9.59 Å². The van der Waals surface area contributed by atoms with Crippen LogP contribution in [-0.4, -0.2) is 52.6 Å². The molecule has 1 N–H and O–H groups in total. The summed E-state index contributed by atoms with van der Waals surface area (Å²) in [4.78, 5) is 38.3. The van der Waals surface area contributed by atoms with E-state index in [1.165, 1.54) is 4.90 Å². The van der Waals surface area contributed by atoms with Gasteiger partial charge in [-0.15, -0.1) is 0 Å². The molecule has 7 heteroatoms. The first kappa shape index (κ1) is 16.1. The molecule has 6 nitrogen and oxygen atoms in total. The SMILES string of the molecule is CCN1CCN(C(=O)NC([C]=S)c2ccccc2)C(=O)C1=O. The van der Waals surface area contributed by atoms with Crippen molar-refractivity contribution in [1.29, 1.82) is 0 Å². The summed E-state index contributed by atoms with van der Waals surface area (Å²) in [7, 11) is 0. The Morgan fingerprint density at radius 1 is 1.27 bits per heavy atom. The fourth-order valence-corrected chi connectivity index (χ4v) is 2.39. The second-order valence-corrected chi connectivity index (χ2v) is 4.99. The zero-order valence-electron chi connectivity index (χ0n) is 12.1. The van der Waals surface area contributed by atoms with Gasteiger partial charge in [0.25, 0.3) is 0 Å². The van der Waals surface area contributed by atoms with E-state index in [1.807, 2.05) is 18.2 Å². The summed E-state index contributed by atoms with van der Waals surface area (Å²) >= 11 is 4.82. The molecule has 1 atom stereocenters. The number of hydrogen-bond donors (Lipinski definition) is 1. The van der Waals surface area contributed by atoms with E-state index in [9.17, 15) is 14.4 Å². The van der Waals surface area contributed by atoms with Crippen molar-refractivity contribution in [2.75, 3.05) is 19.6 Å². The maximum Gasteiger partial charge on any atom is 0.325 e. The first-order chi connectivity index (χ1) is 10.6. The molecule has 2 rings (SSSR count). The Hall–Kier alpha value is -2.28. The van der Waals surface area contributed by atoms with E-state index in [1.54, 1.807) is 19.1 Å². The molecule has 4 amide bonds. The van der Waals surface area contributed by atoms with Crippen LogP contribution in [0, 0.1) is 0 Å². The number of nitrogens with one attached hydrogen (secondary N) is 1. The van der Waals surface area contributed by atoms with Crippen molar-refractivity contribution < 1.29 is 14.4 Å². The van der Waals surface area contributed by atoms with E-state index in [0.717, 1.165) is 10.5 Å². The van der Waals surface area contributed by atoms with Crippen LogP contribution in [0.4, 0.5) is 4.79 Å². The summed E-state index contributed by atoms with van der Waals surface area (Å²) in [5.74, 6) is -1.48. The normalized spacial score (nSPS) is 16.4. The number of amides is 4. The Balaban J connectivity index is 2.07. The predicted molar refractivity (Wildman–Crippen MR) is 84.3 cm³/mol. The summed E-state index contributed by atoms with van der Waals surface area (Å²) in [6.45, 7) is 2.74. The Morgan fingerprint density at radius 3 is 2.55 bits per heavy atom. The molecule has 0 bridgehead atoms. The van der Waals surface area contributed by atoms with E-state index >= 15 is 0 Å². The van der Waals surface area contributed by atoms with Gasteiger partial charge in [0.15, 0.2) is 0 Å². The van der Waals surface area contributed by atoms with Gasteiger partial charge in [0.2, 0.25) is 0 Å². The van der Waals surface area contributed by atoms with Crippen LogP contribution in [0.15, 0.2) is 30.3 Å². The minimum atomic E-state index is -0.818. The van der Waals surface area contributed by atoms with Gasteiger partial charge in [0.1, 0.15) is 0 Å². The molecule has 1 saturated heterocycles. The van der Waals surface area contributed by atoms with Crippen molar-refractivity contribution in [1.82, 2.24) is 15.1 Å². The first-order valence-electron chi connectivity index (χ1n) is 6.92. The van der Waals surface area contributed by atoms with Gasteiger partial charge in [-0.25, -0.2) is 4.79 Å². The third-order valence-corrected chi connectivity index (χ3v) is 3.69. The first-order valence-corrected chi connectivity index (χ1v) is 7.33. The van der Waals surface area contributed by atoms with Crippen molar-refractivity contribution in [2.45, 2.75) is 13.0 Å². The largest absolute Gasteiger partial charge is 0.333 e. The monoisotopic (exact) mass is 318 g/mol. The van der Waals surface area contributed by atoms with Crippen molar-refractivity contribution in [2.24, 2.45) is 0 Å². The van der Waals surface area contributed by atoms with Crippen molar-refractivity contribution in [3.05, 3.63) is 35.9 Å². The maximum atomic E-state index is 12.2. The van der Waals surface area contributed by atoms with Crippen molar-refractivity contribution in [3.8, 4) is 0 Å². The van der Waals surface area contributed by atoms with Crippen molar-refractivity contribution >= 4 is 35.4 Å². The van der Waals surface area contributed by atoms with Gasteiger partial charge in [-0.2, -0.15) is 0 Å². The highest BCUT2D eigenvalue weighted by atomic mass is 32.1. The lowest BCUT2D eigenvalue weighted by atomic mass is 10.1. The number of likely N-dealkylation sites (N-methyl/N-ethyl adjacent to an activating group) is 1. The zero-order chi connectivity index (χ0) is 16.1. The number of carbonyl (C=O) groups excluding carboxylic acids is 3. The molecule has 0 aliphatic carbocycles. The van der Waals surface area contributed by atoms with Crippen molar-refractivity contribution in [3.63, 3.8) is 0 Å². The molecule has 22 heavy (non-hydrogen) atoms. The molecular formula is C15H16N3O3S. The highest BCUT2D eigenvalue weighted by molar-refractivity contribution is 7.79. The smallest absolute Gasteiger partial charge is 0.325 e. The number of carbonyl (C=O) groups is 3. The third-order valence-electron chi connectivity index (χ3n) is 3.45. The lowest BCUT2D eigenvalue weighted by Gasteiger charge is -2.32. The fourth-order valence-electron chi connectivity index (χ4n) is 2.20. The van der Waals surface area contributed by atoms with Gasteiger partial charge < -0.3 is 10.2 Å². The number of benzene rings is 1. The maximum absolute atomic E-state index is 12.2. The average molecular weight is 318 g/mol. The Bertz CT molecular complexity index is 591. The highest BCUT2D eigenvalue weighted by Gasteiger charge is 2.35. The van der Waals surface area contributed by atoms with Crippen LogP contribution in [0.25, 0.3) is 0 Å². The molecule has 115 valence electrons. The van der Waals surface area contributed by atoms with E-state index < -0.39 is 23.9 Å². The summed E-state index contributed by atoms with van der Waals surface area (Å²) in [6.07, 6.45) is 0. The fraction of sp³-hybridized carbons (Fsp3) is 0.333. The van der Waals surface area contributed by atoms with Crippen LogP contribution in [0.1, 0.15) is 18.5 Å². The van der Waals surface area contributed by atoms with E-state index in [4.69, 9.17) is 12.2 Å². The van der Waals surface area contributed by atoms with Gasteiger partial charge in [-0.3, -0.25) is 14.5 Å². The van der Waals surface area contributed by atoms with Gasteiger partial charge in [-0.1, -0.05) is 42.5 Å². The average Bonchev–Trinajstić information content (AvgIpc) is 2.55. The minimum absolute atomic E-state index is 0.170. The topological polar surface area (TPSA) is 69.7 Å². The number of thiocarbonyl (C=S) groups is 1. The number of hydrogen-bond acceptors (Lipinski definition) is 4. The molecule has 0 spiro atoms. The molecule has 1 aliphatic rings. The molecule has 1 fully saturated rings. The number of urea groups is 1. The standard InChI is InChI=1S/C15H16N3O3S/c1-2-17-8-9-18(14(20)13(17)19)15(21)16-12(10-22)11-6-4-3-5-7-11/h3-7,12H,2,8-9H2,1H3,(H,16,21). The number of rotatable bonds is 4. The molecule has 0 saturated carbocycles. The second-order valence-electron chi connectivity index (χ2n) is 4.75. The molecule has 1 radical (unpaired) electrons. The van der Waals surface area contributed by atoms with E-state index in [2.05, 4.69) is 10.7 Å². The van der Waals surface area contributed by atoms with Crippen LogP contribution in [0.2, 0.25) is 0 Å². The lowest BCUT2D eigenvalue weighted by molar-refractivity contribution is -0.153. The van der Waals surface area contributed by atoms with Gasteiger partial charge in [0, 0.05) is 19.6 Å². The molecule has 1 aromatic carbocycles. The predicted octanol–water partition coefficient (Wildman–Crippen LogP) is 1.00. The lowest BCUT2D eigenvalue weighted by Crippen LogP contribution is -2.58. The molecule has 1 unspecified atom stereocenters. The van der Waals surface area contributed by atoms with Gasteiger partial charge >= 0.3 is 17.8 Å². The molecule has 1 aliphatic heterocycles. The van der Waals surface area contributed by atoms with Crippen LogP contribution >= 0.6 is 12.2 Å². The highest BCUT2D eigenvalue weighted by Crippen LogP contribution is 2.12. The summed E-state index contributed by atoms with van der Waals surface area (Å²) < 4.78 is 0. The van der Waals surface area contributed by atoms with Gasteiger partial charge in [-0.05, 0) is 12.5 Å². The molecule has 0 aromatic heterocycles. The summed E-state index contributed by atoms with van der Waals surface area (Å²) in [6, 6.07) is 7.82. The Labute approximate surface area is 134 Å². The molecule has 1 heterocycles. The summed E-state index contributed by atoms with van der Waals surface area (Å²) in [5.41, 5.74) is 0.761. The Morgan fingerprint density at radius 2 is 1.95 bits per heavy atom. The second kappa shape index (κ2) is 7.13. The zero-order valence-corrected chi connectivity index (χ0v) is 12.9. The number of piperazine rings is 1. The minimum Gasteiger partial charge on any atom is -0.333 e. The number of imide groups is 1. The van der Waals surface area contributed by atoms with Gasteiger partial charge in [0.05, 0.1) is 11.4 Å². The summed E-state index contributed by atoms with van der Waals surface area (Å²) in [5, 5.41) is 5.17. The van der Waals surface area contributed by atoms with Crippen LogP contribution < -0.4 is 5.32 Å².